The molecule has 1 heterocycles. The molecule has 1 aliphatic carbocycles. The van der Waals surface area contributed by atoms with Crippen LogP contribution in [-0.2, 0) is 4.74 Å². The lowest BCUT2D eigenvalue weighted by Crippen LogP contribution is -2.22. The lowest BCUT2D eigenvalue weighted by atomic mass is 9.74. The standard InChI is InChI=1S/C14H16FN.C5H8O/c1-14(2)9-11(16)8-12(15)13(14)10-6-4-3-5-7-10;1-2-4-6-5-3-1/h3-8H,9,16H2,1-2H3;2,4H,1,3,5H2. The zero-order chi connectivity index (χ0) is 16.0. The van der Waals surface area contributed by atoms with E-state index in [1.165, 1.54) is 18.9 Å². The lowest BCUT2D eigenvalue weighted by Gasteiger charge is -2.32. The van der Waals surface area contributed by atoms with E-state index in [-0.39, 0.29) is 11.2 Å². The Balaban J connectivity index is 0.000000246. The molecule has 1 aromatic rings. The van der Waals surface area contributed by atoms with E-state index in [4.69, 9.17) is 10.5 Å². The molecule has 1 aliphatic heterocycles. The van der Waals surface area contributed by atoms with Crippen molar-refractivity contribution < 1.29 is 9.13 Å². The Morgan fingerprint density at radius 1 is 1.18 bits per heavy atom. The second kappa shape index (κ2) is 7.30. The highest BCUT2D eigenvalue weighted by Gasteiger charge is 2.31. The highest BCUT2D eigenvalue weighted by Crippen LogP contribution is 2.44. The van der Waals surface area contributed by atoms with Crippen LogP contribution in [0.25, 0.3) is 5.57 Å². The van der Waals surface area contributed by atoms with Gasteiger partial charge in [0.1, 0.15) is 5.83 Å². The van der Waals surface area contributed by atoms with Crippen LogP contribution in [-0.4, -0.2) is 6.61 Å². The molecule has 0 saturated carbocycles. The largest absolute Gasteiger partial charge is 0.502 e. The Labute approximate surface area is 132 Å². The van der Waals surface area contributed by atoms with Crippen LogP contribution in [0, 0.1) is 5.41 Å². The molecule has 2 nitrogen and oxygen atoms in total. The van der Waals surface area contributed by atoms with Crippen molar-refractivity contribution in [1.82, 2.24) is 0 Å². The summed E-state index contributed by atoms with van der Waals surface area (Å²) in [6.45, 7) is 4.96. The fraction of sp³-hybridized carbons (Fsp3) is 0.368. The van der Waals surface area contributed by atoms with Crippen molar-refractivity contribution in [3.8, 4) is 0 Å². The van der Waals surface area contributed by atoms with Crippen LogP contribution in [0.5, 0.6) is 0 Å². The Morgan fingerprint density at radius 3 is 2.36 bits per heavy atom. The first-order chi connectivity index (χ1) is 10.5. The van der Waals surface area contributed by atoms with Gasteiger partial charge in [-0.2, -0.15) is 0 Å². The van der Waals surface area contributed by atoms with Crippen molar-refractivity contribution in [3.05, 3.63) is 65.8 Å². The molecule has 22 heavy (non-hydrogen) atoms. The molecule has 118 valence electrons. The minimum atomic E-state index is -0.246. The number of benzene rings is 1. The van der Waals surface area contributed by atoms with Crippen molar-refractivity contribution in [2.75, 3.05) is 6.61 Å². The summed E-state index contributed by atoms with van der Waals surface area (Å²) >= 11 is 0. The summed E-state index contributed by atoms with van der Waals surface area (Å²) < 4.78 is 18.9. The van der Waals surface area contributed by atoms with E-state index in [9.17, 15) is 4.39 Å². The topological polar surface area (TPSA) is 35.2 Å². The zero-order valence-electron chi connectivity index (χ0n) is 13.3. The molecule has 0 saturated heterocycles. The molecule has 0 radical (unpaired) electrons. The van der Waals surface area contributed by atoms with E-state index in [1.54, 1.807) is 6.26 Å². The van der Waals surface area contributed by atoms with Crippen molar-refractivity contribution in [1.29, 1.82) is 0 Å². The summed E-state index contributed by atoms with van der Waals surface area (Å²) in [7, 11) is 0. The minimum Gasteiger partial charge on any atom is -0.502 e. The van der Waals surface area contributed by atoms with Gasteiger partial charge in [-0.05, 0) is 42.4 Å². The monoisotopic (exact) mass is 301 g/mol. The van der Waals surface area contributed by atoms with Crippen LogP contribution in [0.3, 0.4) is 0 Å². The molecular weight excluding hydrogens is 277 g/mol. The van der Waals surface area contributed by atoms with Gasteiger partial charge in [0.15, 0.2) is 0 Å². The molecule has 2 aliphatic rings. The third-order valence-electron chi connectivity index (χ3n) is 3.76. The number of allylic oxidation sites excluding steroid dienone is 5. The van der Waals surface area contributed by atoms with Crippen molar-refractivity contribution in [2.45, 2.75) is 33.1 Å². The first-order valence-electron chi connectivity index (χ1n) is 7.69. The first-order valence-corrected chi connectivity index (χ1v) is 7.69. The van der Waals surface area contributed by atoms with Gasteiger partial charge in [-0.1, -0.05) is 44.2 Å². The van der Waals surface area contributed by atoms with E-state index >= 15 is 0 Å². The van der Waals surface area contributed by atoms with Gasteiger partial charge in [0, 0.05) is 11.3 Å². The van der Waals surface area contributed by atoms with Gasteiger partial charge in [0.25, 0.3) is 0 Å². The fourth-order valence-corrected chi connectivity index (χ4v) is 2.83. The van der Waals surface area contributed by atoms with Gasteiger partial charge < -0.3 is 10.5 Å². The Bertz CT molecular complexity index is 577. The first kappa shape index (κ1) is 16.3. The quantitative estimate of drug-likeness (QED) is 0.796. The minimum absolute atomic E-state index is 0.208. The molecule has 0 amide bonds. The summed E-state index contributed by atoms with van der Waals surface area (Å²) in [5, 5.41) is 0. The van der Waals surface area contributed by atoms with E-state index in [2.05, 4.69) is 0 Å². The number of nitrogens with two attached hydrogens (primary N) is 1. The van der Waals surface area contributed by atoms with Gasteiger partial charge in [-0.3, -0.25) is 0 Å². The second-order valence-electron chi connectivity index (χ2n) is 6.25. The third kappa shape index (κ3) is 4.23. The average molecular weight is 301 g/mol. The second-order valence-corrected chi connectivity index (χ2v) is 6.25. The van der Waals surface area contributed by atoms with E-state index in [1.807, 2.05) is 50.3 Å². The maximum absolute atomic E-state index is 14.0. The van der Waals surface area contributed by atoms with Gasteiger partial charge in [0.05, 0.1) is 12.9 Å². The highest BCUT2D eigenvalue weighted by atomic mass is 19.1. The van der Waals surface area contributed by atoms with Crippen molar-refractivity contribution >= 4 is 5.57 Å². The Morgan fingerprint density at radius 2 is 1.91 bits per heavy atom. The van der Waals surface area contributed by atoms with E-state index in [0.717, 1.165) is 17.7 Å². The van der Waals surface area contributed by atoms with Crippen LogP contribution in [0.4, 0.5) is 4.39 Å². The fourth-order valence-electron chi connectivity index (χ4n) is 2.83. The van der Waals surface area contributed by atoms with Crippen LogP contribution in [0.1, 0.15) is 38.7 Å². The molecule has 3 rings (SSSR count). The van der Waals surface area contributed by atoms with Crippen LogP contribution in [0.2, 0.25) is 0 Å². The number of hydrogen-bond donors (Lipinski definition) is 1. The summed E-state index contributed by atoms with van der Waals surface area (Å²) in [6, 6.07) is 9.65. The summed E-state index contributed by atoms with van der Waals surface area (Å²) in [4.78, 5) is 0. The van der Waals surface area contributed by atoms with Gasteiger partial charge in [-0.15, -0.1) is 0 Å². The molecular formula is C19H24FNO. The molecule has 0 spiro atoms. The number of ether oxygens (including phenoxy) is 1. The predicted octanol–water partition coefficient (Wildman–Crippen LogP) is 4.95. The highest BCUT2D eigenvalue weighted by molar-refractivity contribution is 5.75. The zero-order valence-corrected chi connectivity index (χ0v) is 13.3. The normalized spacial score (nSPS) is 19.7. The third-order valence-corrected chi connectivity index (χ3v) is 3.76. The summed E-state index contributed by atoms with van der Waals surface area (Å²) in [5.74, 6) is -0.208. The number of hydrogen-bond acceptors (Lipinski definition) is 2. The molecule has 0 fully saturated rings. The summed E-state index contributed by atoms with van der Waals surface area (Å²) in [5.41, 5.74) is 7.79. The van der Waals surface area contributed by atoms with Crippen LogP contribution >= 0.6 is 0 Å². The number of rotatable bonds is 1. The summed E-state index contributed by atoms with van der Waals surface area (Å²) in [6.07, 6.45) is 8.34. The maximum Gasteiger partial charge on any atom is 0.129 e. The van der Waals surface area contributed by atoms with Crippen LogP contribution in [0.15, 0.2) is 60.3 Å². The molecule has 0 atom stereocenters. The maximum atomic E-state index is 14.0. The lowest BCUT2D eigenvalue weighted by molar-refractivity contribution is 0.231. The molecule has 0 unspecified atom stereocenters. The van der Waals surface area contributed by atoms with Gasteiger partial charge in [0.2, 0.25) is 0 Å². The smallest absolute Gasteiger partial charge is 0.129 e. The molecule has 0 aromatic heterocycles. The van der Waals surface area contributed by atoms with Crippen LogP contribution < -0.4 is 5.73 Å². The molecule has 2 N–H and O–H groups in total. The van der Waals surface area contributed by atoms with Crippen molar-refractivity contribution in [3.63, 3.8) is 0 Å². The molecule has 0 bridgehead atoms. The van der Waals surface area contributed by atoms with E-state index < -0.39 is 0 Å². The van der Waals surface area contributed by atoms with E-state index in [0.29, 0.717) is 12.1 Å². The average Bonchev–Trinajstić information content (AvgIpc) is 2.49. The molecule has 1 aromatic carbocycles. The molecule has 3 heteroatoms. The Kier molecular flexibility index (Phi) is 5.42. The predicted molar refractivity (Wildman–Crippen MR) is 89.5 cm³/mol. The number of halogens is 1. The van der Waals surface area contributed by atoms with Crippen molar-refractivity contribution in [2.24, 2.45) is 11.1 Å². The van der Waals surface area contributed by atoms with Gasteiger partial charge in [-0.25, -0.2) is 4.39 Å². The SMILES string of the molecule is C1=COCCC1.CC1(C)CC(N)=CC(F)=C1c1ccccc1. The Hall–Kier alpha value is -2.03. The van der Waals surface area contributed by atoms with Gasteiger partial charge >= 0.3 is 0 Å².